The maximum Gasteiger partial charge on any atom is 0.256 e. The molecule has 0 aromatic heterocycles. The van der Waals surface area contributed by atoms with Crippen LogP contribution in [0.2, 0.25) is 0 Å². The van der Waals surface area contributed by atoms with Crippen molar-refractivity contribution in [3.8, 4) is 17.2 Å². The van der Waals surface area contributed by atoms with Gasteiger partial charge in [-0.15, -0.1) is 0 Å². The molecular formula is C29H32N2O5. The predicted octanol–water partition coefficient (Wildman–Crippen LogP) is 3.81. The molecule has 7 heteroatoms. The van der Waals surface area contributed by atoms with E-state index in [-0.39, 0.29) is 5.57 Å². The van der Waals surface area contributed by atoms with Gasteiger partial charge < -0.3 is 24.8 Å². The van der Waals surface area contributed by atoms with Gasteiger partial charge >= 0.3 is 0 Å². The minimum atomic E-state index is -0.448. The van der Waals surface area contributed by atoms with E-state index in [1.165, 1.54) is 0 Å². The second kappa shape index (κ2) is 13.6. The van der Waals surface area contributed by atoms with Crippen LogP contribution in [0.4, 0.5) is 0 Å². The third-order valence-electron chi connectivity index (χ3n) is 5.64. The van der Waals surface area contributed by atoms with Gasteiger partial charge in [0, 0.05) is 18.7 Å². The van der Waals surface area contributed by atoms with Gasteiger partial charge in [-0.05, 0) is 60.4 Å². The normalized spacial score (nSPS) is 10.2. The second-order valence-corrected chi connectivity index (χ2v) is 8.01. The highest BCUT2D eigenvalue weighted by Crippen LogP contribution is 2.21. The number of hydrogen-bond donors (Lipinski definition) is 2. The Kier molecular flexibility index (Phi) is 9.94. The molecule has 2 amide bonds. The topological polar surface area (TPSA) is 85.9 Å². The van der Waals surface area contributed by atoms with E-state index < -0.39 is 11.8 Å². The van der Waals surface area contributed by atoms with E-state index in [2.05, 4.69) is 10.6 Å². The number of hydrogen-bond acceptors (Lipinski definition) is 5. The minimum Gasteiger partial charge on any atom is -0.497 e. The molecule has 0 bridgehead atoms. The summed E-state index contributed by atoms with van der Waals surface area (Å²) >= 11 is 0. The summed E-state index contributed by atoms with van der Waals surface area (Å²) in [6, 6.07) is 22.5. The van der Waals surface area contributed by atoms with Crippen LogP contribution in [0.1, 0.15) is 16.7 Å². The Balaban J connectivity index is 1.67. The van der Waals surface area contributed by atoms with Crippen LogP contribution in [-0.2, 0) is 22.4 Å². The van der Waals surface area contributed by atoms with Crippen molar-refractivity contribution in [2.45, 2.75) is 12.8 Å². The Hall–Kier alpha value is -4.26. The number of para-hydroxylation sites is 1. The van der Waals surface area contributed by atoms with E-state index in [1.54, 1.807) is 39.5 Å². The van der Waals surface area contributed by atoms with Crippen LogP contribution in [-0.4, -0.2) is 46.2 Å². The highest BCUT2D eigenvalue weighted by molar-refractivity contribution is 6.21. The van der Waals surface area contributed by atoms with Crippen LogP contribution in [0, 0.1) is 0 Å². The molecule has 0 saturated carbocycles. The number of carbonyl (C=O) groups excluding carboxylic acids is 2. The van der Waals surface area contributed by atoms with Gasteiger partial charge in [-0.2, -0.15) is 0 Å². The molecule has 0 aliphatic carbocycles. The standard InChI is InChI=1S/C29H32N2O5/c1-34-24-12-8-21(9-13-24)16-18-30-28(32)26(20-23-6-4-5-7-27(23)36-3)29(33)31-19-17-22-10-14-25(35-2)15-11-22/h4-15,20H,16-19H2,1-3H3,(H,30,32)(H,31,33). The summed E-state index contributed by atoms with van der Waals surface area (Å²) < 4.78 is 15.7. The predicted molar refractivity (Wildman–Crippen MR) is 140 cm³/mol. The molecular weight excluding hydrogens is 456 g/mol. The second-order valence-electron chi connectivity index (χ2n) is 8.01. The summed E-state index contributed by atoms with van der Waals surface area (Å²) in [6.45, 7) is 0.765. The number of amides is 2. The Labute approximate surface area is 212 Å². The summed E-state index contributed by atoms with van der Waals surface area (Å²) in [4.78, 5) is 26.1. The van der Waals surface area contributed by atoms with Crippen molar-refractivity contribution >= 4 is 17.9 Å². The van der Waals surface area contributed by atoms with E-state index in [9.17, 15) is 9.59 Å². The average Bonchev–Trinajstić information content (AvgIpc) is 2.92. The number of benzene rings is 3. The number of rotatable bonds is 12. The van der Waals surface area contributed by atoms with Crippen molar-refractivity contribution in [3.63, 3.8) is 0 Å². The minimum absolute atomic E-state index is 0.0176. The summed E-state index contributed by atoms with van der Waals surface area (Å²) in [6.07, 6.45) is 2.80. The van der Waals surface area contributed by atoms with Crippen molar-refractivity contribution in [1.29, 1.82) is 0 Å². The summed E-state index contributed by atoms with van der Waals surface area (Å²) in [5.74, 6) is 1.23. The van der Waals surface area contributed by atoms with E-state index in [0.29, 0.717) is 37.2 Å². The van der Waals surface area contributed by atoms with Crippen LogP contribution in [0.25, 0.3) is 6.08 Å². The molecule has 0 fully saturated rings. The lowest BCUT2D eigenvalue weighted by atomic mass is 10.1. The van der Waals surface area contributed by atoms with Crippen molar-refractivity contribution < 1.29 is 23.8 Å². The Morgan fingerprint density at radius 3 is 1.58 bits per heavy atom. The number of nitrogens with one attached hydrogen (secondary N) is 2. The lowest BCUT2D eigenvalue weighted by molar-refractivity contribution is -0.123. The zero-order valence-corrected chi connectivity index (χ0v) is 20.9. The average molecular weight is 489 g/mol. The molecule has 3 aromatic carbocycles. The first-order chi connectivity index (χ1) is 17.5. The molecule has 7 nitrogen and oxygen atoms in total. The first-order valence-electron chi connectivity index (χ1n) is 11.7. The van der Waals surface area contributed by atoms with Crippen LogP contribution in [0.3, 0.4) is 0 Å². The first kappa shape index (κ1) is 26.3. The van der Waals surface area contributed by atoms with Gasteiger partial charge in [0.15, 0.2) is 0 Å². The van der Waals surface area contributed by atoms with Crippen LogP contribution in [0.15, 0.2) is 78.4 Å². The molecule has 0 radical (unpaired) electrons. The lowest BCUT2D eigenvalue weighted by Gasteiger charge is -2.12. The van der Waals surface area contributed by atoms with E-state index in [4.69, 9.17) is 14.2 Å². The zero-order chi connectivity index (χ0) is 25.8. The Morgan fingerprint density at radius 1 is 0.667 bits per heavy atom. The third-order valence-corrected chi connectivity index (χ3v) is 5.64. The number of carbonyl (C=O) groups is 2. The molecule has 0 saturated heterocycles. The van der Waals surface area contributed by atoms with Crippen LogP contribution in [0.5, 0.6) is 17.2 Å². The Morgan fingerprint density at radius 2 is 1.14 bits per heavy atom. The molecule has 0 heterocycles. The highest BCUT2D eigenvalue weighted by atomic mass is 16.5. The van der Waals surface area contributed by atoms with Crippen molar-refractivity contribution in [3.05, 3.63) is 95.1 Å². The van der Waals surface area contributed by atoms with E-state index in [0.717, 1.165) is 22.6 Å². The van der Waals surface area contributed by atoms with Crippen molar-refractivity contribution in [2.24, 2.45) is 0 Å². The molecule has 3 aromatic rings. The van der Waals surface area contributed by atoms with Gasteiger partial charge in [-0.1, -0.05) is 42.5 Å². The van der Waals surface area contributed by atoms with Gasteiger partial charge in [0.25, 0.3) is 11.8 Å². The number of methoxy groups -OCH3 is 3. The fourth-order valence-electron chi connectivity index (χ4n) is 3.59. The summed E-state index contributed by atoms with van der Waals surface area (Å²) in [7, 11) is 4.79. The van der Waals surface area contributed by atoms with Crippen molar-refractivity contribution in [2.75, 3.05) is 34.4 Å². The highest BCUT2D eigenvalue weighted by Gasteiger charge is 2.19. The quantitative estimate of drug-likeness (QED) is 0.230. The lowest BCUT2D eigenvalue weighted by Crippen LogP contribution is -2.36. The van der Waals surface area contributed by atoms with Gasteiger partial charge in [-0.3, -0.25) is 9.59 Å². The molecule has 2 N–H and O–H groups in total. The summed E-state index contributed by atoms with van der Waals surface area (Å²) in [5, 5.41) is 5.73. The first-order valence-corrected chi connectivity index (χ1v) is 11.7. The molecule has 188 valence electrons. The smallest absolute Gasteiger partial charge is 0.256 e. The van der Waals surface area contributed by atoms with Crippen LogP contribution >= 0.6 is 0 Å². The largest absolute Gasteiger partial charge is 0.497 e. The van der Waals surface area contributed by atoms with Gasteiger partial charge in [0.1, 0.15) is 22.8 Å². The van der Waals surface area contributed by atoms with Gasteiger partial charge in [0.2, 0.25) is 0 Å². The van der Waals surface area contributed by atoms with E-state index in [1.807, 2.05) is 60.7 Å². The van der Waals surface area contributed by atoms with Crippen molar-refractivity contribution in [1.82, 2.24) is 10.6 Å². The Bertz CT molecular complexity index is 1100. The monoisotopic (exact) mass is 488 g/mol. The third kappa shape index (κ3) is 7.63. The molecule has 36 heavy (non-hydrogen) atoms. The maximum absolute atomic E-state index is 13.1. The van der Waals surface area contributed by atoms with Gasteiger partial charge in [0.05, 0.1) is 21.3 Å². The fraction of sp³-hybridized carbons (Fsp3) is 0.241. The zero-order valence-electron chi connectivity index (χ0n) is 20.9. The molecule has 0 spiro atoms. The fourth-order valence-corrected chi connectivity index (χ4v) is 3.59. The SMILES string of the molecule is COc1ccc(CCNC(=O)C(=Cc2ccccc2OC)C(=O)NCCc2ccc(OC)cc2)cc1. The summed E-state index contributed by atoms with van der Waals surface area (Å²) in [5.41, 5.74) is 2.76. The maximum atomic E-state index is 13.1. The molecule has 0 unspecified atom stereocenters. The van der Waals surface area contributed by atoms with E-state index >= 15 is 0 Å². The molecule has 0 aliphatic rings. The molecule has 3 rings (SSSR count). The molecule has 0 atom stereocenters. The van der Waals surface area contributed by atoms with Crippen LogP contribution < -0.4 is 24.8 Å². The number of ether oxygens (including phenoxy) is 3. The molecule has 0 aliphatic heterocycles. The van der Waals surface area contributed by atoms with Gasteiger partial charge in [-0.25, -0.2) is 0 Å².